The van der Waals surface area contributed by atoms with E-state index in [-0.39, 0.29) is 49.5 Å². The molecule has 0 aromatic rings. The van der Waals surface area contributed by atoms with Crippen LogP contribution in [0.25, 0.3) is 0 Å². The number of rotatable bonds is 5. The highest BCUT2D eigenvalue weighted by Gasteiger charge is 2.46. The summed E-state index contributed by atoms with van der Waals surface area (Å²) < 4.78 is 55.4. The quantitative estimate of drug-likeness (QED) is 0.563. The van der Waals surface area contributed by atoms with Crippen molar-refractivity contribution in [3.8, 4) is 0 Å². The van der Waals surface area contributed by atoms with Crippen LogP contribution >= 0.6 is 0 Å². The minimum absolute atomic E-state index is 0.0164. The van der Waals surface area contributed by atoms with E-state index in [1.54, 1.807) is 11.0 Å². The Labute approximate surface area is 197 Å². The van der Waals surface area contributed by atoms with E-state index in [2.05, 4.69) is 5.73 Å². The first kappa shape index (κ1) is 24.6. The lowest BCUT2D eigenvalue weighted by molar-refractivity contribution is -0.137. The molecule has 4 rings (SSSR count). The summed E-state index contributed by atoms with van der Waals surface area (Å²) in [6.07, 6.45) is 4.43. The zero-order valence-electron chi connectivity index (χ0n) is 19.5. The van der Waals surface area contributed by atoms with Crippen molar-refractivity contribution in [2.75, 3.05) is 46.1 Å². The number of carbonyl (C=O) groups is 2. The number of carbonyl (C=O) groups excluding carboxylic acids is 2. The molecule has 0 N–H and O–H groups in total. The molecule has 2 fully saturated rings. The zero-order valence-corrected chi connectivity index (χ0v) is 19.5. The lowest BCUT2D eigenvalue weighted by Crippen LogP contribution is -2.57. The van der Waals surface area contributed by atoms with E-state index in [0.717, 1.165) is 18.2 Å². The molecule has 2 saturated heterocycles. The lowest BCUT2D eigenvalue weighted by Gasteiger charge is -2.45. The van der Waals surface area contributed by atoms with Crippen molar-refractivity contribution in [3.63, 3.8) is 0 Å². The van der Waals surface area contributed by atoms with Gasteiger partial charge in [0, 0.05) is 44.3 Å². The van der Waals surface area contributed by atoms with Gasteiger partial charge >= 0.3 is 0 Å². The molecule has 4 aliphatic rings. The number of ketones is 1. The molecule has 0 bridgehead atoms. The second-order valence-electron chi connectivity index (χ2n) is 9.12. The van der Waals surface area contributed by atoms with Gasteiger partial charge in [0.05, 0.1) is 38.1 Å². The number of alkyl halides is 2. The molecule has 186 valence electrons. The summed E-state index contributed by atoms with van der Waals surface area (Å²) in [7, 11) is 0. The third-order valence-corrected chi connectivity index (χ3v) is 6.60. The maximum Gasteiger partial charge on any atom is 0.290 e. The number of Topliss-reactive ketones (excluding diaryl/α,β-unsaturated/α-hetero) is 1. The molecule has 4 aliphatic heterocycles. The molecule has 10 heteroatoms. The molecular weight excluding hydrogens is 451 g/mol. The minimum Gasteiger partial charge on any atom is -0.377 e. The molecule has 0 radical (unpaired) electrons. The van der Waals surface area contributed by atoms with Gasteiger partial charge in [0.1, 0.15) is 0 Å². The van der Waals surface area contributed by atoms with Crippen molar-refractivity contribution in [1.82, 2.24) is 14.7 Å². The van der Waals surface area contributed by atoms with Crippen LogP contribution in [0.4, 0.5) is 13.2 Å². The van der Waals surface area contributed by atoms with E-state index in [1.165, 1.54) is 11.0 Å². The van der Waals surface area contributed by atoms with Crippen LogP contribution < -0.4 is 0 Å². The molecule has 0 unspecified atom stereocenters. The highest BCUT2D eigenvalue weighted by molar-refractivity contribution is 5.98. The van der Waals surface area contributed by atoms with E-state index in [0.29, 0.717) is 38.4 Å². The van der Waals surface area contributed by atoms with E-state index in [1.807, 2.05) is 6.92 Å². The molecular formula is C24H30F3N3O4. The Balaban J connectivity index is 1.71. The maximum atomic E-state index is 15.3. The molecule has 0 aromatic carbocycles. The average Bonchev–Trinajstić information content (AvgIpc) is 3.14. The van der Waals surface area contributed by atoms with Crippen molar-refractivity contribution in [2.24, 2.45) is 0 Å². The van der Waals surface area contributed by atoms with E-state index in [4.69, 9.17) is 9.47 Å². The number of fused-ring (bicyclic) bond motifs is 1. The molecule has 1 amide bonds. The number of allylic oxidation sites excluding steroid dienone is 2. The largest absolute Gasteiger partial charge is 0.377 e. The average molecular weight is 482 g/mol. The normalized spacial score (nSPS) is 26.6. The van der Waals surface area contributed by atoms with Gasteiger partial charge < -0.3 is 19.3 Å². The van der Waals surface area contributed by atoms with Crippen LogP contribution in [0.1, 0.15) is 33.1 Å². The molecule has 0 saturated carbocycles. The Bertz CT molecular complexity index is 965. The van der Waals surface area contributed by atoms with Gasteiger partial charge in [-0.2, -0.15) is 4.39 Å². The van der Waals surface area contributed by atoms with Crippen molar-refractivity contribution >= 4 is 11.7 Å². The number of hydrogen-bond donors (Lipinski definition) is 0. The molecule has 0 spiro atoms. The van der Waals surface area contributed by atoms with Gasteiger partial charge in [0.25, 0.3) is 11.8 Å². The number of ether oxygens (including phenoxy) is 2. The highest BCUT2D eigenvalue weighted by Crippen LogP contribution is 2.36. The van der Waals surface area contributed by atoms with Gasteiger partial charge in [-0.15, -0.1) is 0 Å². The zero-order chi connectivity index (χ0) is 24.5. The maximum absolute atomic E-state index is 15.3. The van der Waals surface area contributed by atoms with E-state index >= 15 is 4.39 Å². The smallest absolute Gasteiger partial charge is 0.290 e. The van der Waals surface area contributed by atoms with Gasteiger partial charge in [-0.25, -0.2) is 8.78 Å². The lowest BCUT2D eigenvalue weighted by atomic mass is 10.0. The molecule has 34 heavy (non-hydrogen) atoms. The van der Waals surface area contributed by atoms with Crippen LogP contribution in [0.3, 0.4) is 0 Å². The van der Waals surface area contributed by atoms with Crippen LogP contribution in [-0.2, 0) is 19.1 Å². The fraction of sp³-hybridized carbons (Fsp3) is 0.625. The molecule has 0 aromatic heterocycles. The third kappa shape index (κ3) is 4.94. The summed E-state index contributed by atoms with van der Waals surface area (Å²) in [5.41, 5.74) is 3.36. The number of halogens is 3. The summed E-state index contributed by atoms with van der Waals surface area (Å²) in [4.78, 5) is 30.2. The van der Waals surface area contributed by atoms with Gasteiger partial charge in [-0.1, -0.05) is 11.8 Å². The molecule has 4 heterocycles. The van der Waals surface area contributed by atoms with Gasteiger partial charge in [0.15, 0.2) is 11.6 Å². The van der Waals surface area contributed by atoms with Crippen molar-refractivity contribution in [2.45, 2.75) is 51.1 Å². The number of hydrogen-bond acceptors (Lipinski definition) is 6. The van der Waals surface area contributed by atoms with Crippen molar-refractivity contribution in [3.05, 3.63) is 40.8 Å². The van der Waals surface area contributed by atoms with E-state index < -0.39 is 23.7 Å². The first-order valence-electron chi connectivity index (χ1n) is 11.7. The van der Waals surface area contributed by atoms with Crippen LogP contribution in [-0.4, -0.2) is 90.5 Å². The first-order valence-corrected chi connectivity index (χ1v) is 11.7. The Kier molecular flexibility index (Phi) is 7.21. The molecule has 7 nitrogen and oxygen atoms in total. The monoisotopic (exact) mass is 481 g/mol. The van der Waals surface area contributed by atoms with Crippen LogP contribution in [0, 0.1) is 0 Å². The number of morpholine rings is 1. The second-order valence-corrected chi connectivity index (χ2v) is 9.12. The molecule has 0 aliphatic carbocycles. The Morgan fingerprint density at radius 2 is 2.06 bits per heavy atom. The summed E-state index contributed by atoms with van der Waals surface area (Å²) in [6.45, 7) is 3.95. The SMILES string of the molecule is C[C@@H]1COCCN1C1=C(F)C(=O)N2CC[C@@H](C(C)(F)F)N(CC(=O)C3=CCCCOC3)C2=C=C1. The topological polar surface area (TPSA) is 62.3 Å². The highest BCUT2D eigenvalue weighted by atomic mass is 19.3. The third-order valence-electron chi connectivity index (χ3n) is 6.60. The molecule has 2 atom stereocenters. The number of nitrogens with zero attached hydrogens (tertiary/aromatic N) is 3. The van der Waals surface area contributed by atoms with Crippen LogP contribution in [0.15, 0.2) is 40.8 Å². The minimum atomic E-state index is -3.15. The Hall–Kier alpha value is -2.55. The Morgan fingerprint density at radius 1 is 1.26 bits per heavy atom. The predicted molar refractivity (Wildman–Crippen MR) is 117 cm³/mol. The summed E-state index contributed by atoms with van der Waals surface area (Å²) in [5.74, 6) is -5.42. The standard InChI is InChI=1S/C24H30F3N3O4/c1-16-14-34-12-10-28(16)18-6-7-21-29(23(32)22(18)25)9-8-20(24(2,26)27)30(21)13-19(31)17-5-3-4-11-33-15-17/h5-6,16,20H,3-4,8-15H2,1-2H3/t16-,20+/m1/s1. The predicted octanol–water partition coefficient (Wildman–Crippen LogP) is 2.76. The fourth-order valence-corrected chi connectivity index (χ4v) is 4.76. The fourth-order valence-electron chi connectivity index (χ4n) is 4.76. The van der Waals surface area contributed by atoms with Gasteiger partial charge in [-0.05, 0) is 26.2 Å². The van der Waals surface area contributed by atoms with Crippen LogP contribution in [0.5, 0.6) is 0 Å². The Morgan fingerprint density at radius 3 is 2.79 bits per heavy atom. The number of amides is 1. The van der Waals surface area contributed by atoms with E-state index in [9.17, 15) is 18.4 Å². The summed E-state index contributed by atoms with van der Waals surface area (Å²) in [6, 6.07) is -1.51. The second kappa shape index (κ2) is 9.98. The van der Waals surface area contributed by atoms with Crippen LogP contribution in [0.2, 0.25) is 0 Å². The van der Waals surface area contributed by atoms with Crippen molar-refractivity contribution < 1.29 is 32.2 Å². The summed E-state index contributed by atoms with van der Waals surface area (Å²) >= 11 is 0. The van der Waals surface area contributed by atoms with Gasteiger partial charge in [0.2, 0.25) is 5.83 Å². The summed E-state index contributed by atoms with van der Waals surface area (Å²) in [5, 5.41) is 0. The van der Waals surface area contributed by atoms with Gasteiger partial charge in [-0.3, -0.25) is 14.5 Å². The van der Waals surface area contributed by atoms with Crippen molar-refractivity contribution in [1.29, 1.82) is 0 Å². The first-order chi connectivity index (χ1) is 16.2.